The number of amides is 3. The number of hydrogen-bond donors (Lipinski definition) is 3. The van der Waals surface area contributed by atoms with Gasteiger partial charge in [-0.15, -0.1) is 0 Å². The summed E-state index contributed by atoms with van der Waals surface area (Å²) in [6.07, 6.45) is 0.970. The van der Waals surface area contributed by atoms with Crippen LogP contribution in [0.2, 0.25) is 0 Å². The highest BCUT2D eigenvalue weighted by Crippen LogP contribution is 2.29. The van der Waals surface area contributed by atoms with Crippen LogP contribution in [0.15, 0.2) is 40.9 Å². The molecule has 3 heterocycles. The maximum absolute atomic E-state index is 13.7. The first-order chi connectivity index (χ1) is 21.4. The average molecular weight is 626 g/mol. The second-order valence-corrected chi connectivity index (χ2v) is 13.0. The number of morpholine rings is 1. The molecule has 1 aromatic heterocycles. The molecule has 2 saturated heterocycles. The van der Waals surface area contributed by atoms with E-state index in [1.165, 1.54) is 0 Å². The van der Waals surface area contributed by atoms with E-state index in [-0.39, 0.29) is 29.7 Å². The molecule has 0 aliphatic carbocycles. The third-order valence-corrected chi connectivity index (χ3v) is 7.96. The van der Waals surface area contributed by atoms with Crippen molar-refractivity contribution in [2.45, 2.75) is 84.2 Å². The molecular formula is C33H47N5O7. The van der Waals surface area contributed by atoms with Crippen molar-refractivity contribution >= 4 is 23.5 Å². The van der Waals surface area contributed by atoms with Crippen molar-refractivity contribution < 1.29 is 33.2 Å². The zero-order valence-electron chi connectivity index (χ0n) is 27.0. The van der Waals surface area contributed by atoms with Crippen LogP contribution in [0.3, 0.4) is 0 Å². The summed E-state index contributed by atoms with van der Waals surface area (Å²) in [6.45, 7) is 13.2. The van der Waals surface area contributed by atoms with Crippen LogP contribution in [-0.2, 0) is 36.8 Å². The third kappa shape index (κ3) is 10.2. The predicted octanol–water partition coefficient (Wildman–Crippen LogP) is 2.27. The number of epoxide rings is 1. The quantitative estimate of drug-likeness (QED) is 0.238. The van der Waals surface area contributed by atoms with Crippen LogP contribution in [0.4, 0.5) is 0 Å². The van der Waals surface area contributed by atoms with E-state index in [4.69, 9.17) is 14.0 Å². The molecule has 2 aliphatic rings. The van der Waals surface area contributed by atoms with Crippen LogP contribution in [0, 0.1) is 11.8 Å². The lowest BCUT2D eigenvalue weighted by Crippen LogP contribution is -2.57. The minimum Gasteiger partial charge on any atom is -0.379 e. The largest absolute Gasteiger partial charge is 0.379 e. The van der Waals surface area contributed by atoms with Gasteiger partial charge in [-0.05, 0) is 37.2 Å². The Morgan fingerprint density at radius 3 is 2.11 bits per heavy atom. The second kappa shape index (κ2) is 15.6. The Morgan fingerprint density at radius 1 is 0.889 bits per heavy atom. The van der Waals surface area contributed by atoms with Crippen LogP contribution in [0.1, 0.15) is 69.3 Å². The van der Waals surface area contributed by atoms with Gasteiger partial charge < -0.3 is 29.9 Å². The first-order valence-electron chi connectivity index (χ1n) is 15.8. The summed E-state index contributed by atoms with van der Waals surface area (Å²) in [4.78, 5) is 56.0. The molecule has 0 bridgehead atoms. The maximum atomic E-state index is 13.7. The number of ketones is 1. The highest BCUT2D eigenvalue weighted by atomic mass is 16.6. The van der Waals surface area contributed by atoms with Crippen LogP contribution < -0.4 is 16.0 Å². The number of carbonyl (C=O) groups excluding carboxylic acids is 4. The second-order valence-electron chi connectivity index (χ2n) is 13.0. The zero-order chi connectivity index (χ0) is 32.6. The maximum Gasteiger partial charge on any atom is 0.274 e. The van der Waals surface area contributed by atoms with Crippen molar-refractivity contribution in [2.75, 3.05) is 32.9 Å². The highest BCUT2D eigenvalue weighted by Gasteiger charge is 2.50. The van der Waals surface area contributed by atoms with Crippen molar-refractivity contribution in [1.29, 1.82) is 0 Å². The van der Waals surface area contributed by atoms with E-state index in [9.17, 15) is 19.2 Å². The van der Waals surface area contributed by atoms with Gasteiger partial charge in [0.05, 0.1) is 32.4 Å². The molecule has 12 nitrogen and oxygen atoms in total. The fourth-order valence-corrected chi connectivity index (χ4v) is 5.33. The summed E-state index contributed by atoms with van der Waals surface area (Å²) in [5.41, 5.74) is 0.00660. The molecule has 4 atom stereocenters. The predicted molar refractivity (Wildman–Crippen MR) is 166 cm³/mol. The van der Waals surface area contributed by atoms with Crippen molar-refractivity contribution in [3.63, 3.8) is 0 Å². The summed E-state index contributed by atoms with van der Waals surface area (Å²) < 4.78 is 16.2. The van der Waals surface area contributed by atoms with Gasteiger partial charge in [0.2, 0.25) is 11.8 Å². The van der Waals surface area contributed by atoms with E-state index in [0.717, 1.165) is 18.7 Å². The zero-order valence-corrected chi connectivity index (χ0v) is 27.0. The van der Waals surface area contributed by atoms with E-state index in [2.05, 4.69) is 26.0 Å². The Balaban J connectivity index is 1.47. The van der Waals surface area contributed by atoms with Gasteiger partial charge in [-0.3, -0.25) is 24.1 Å². The number of rotatable bonds is 16. The van der Waals surface area contributed by atoms with Crippen molar-refractivity contribution in [2.24, 2.45) is 11.8 Å². The van der Waals surface area contributed by atoms with Gasteiger partial charge in [0.15, 0.2) is 17.2 Å². The number of nitrogens with zero attached hydrogens (tertiary/aromatic N) is 2. The van der Waals surface area contributed by atoms with Gasteiger partial charge in [0.25, 0.3) is 5.91 Å². The minimum atomic E-state index is -0.992. The molecular weight excluding hydrogens is 578 g/mol. The number of carbonyl (C=O) groups is 4. The van der Waals surface area contributed by atoms with E-state index >= 15 is 0 Å². The van der Waals surface area contributed by atoms with E-state index in [1.54, 1.807) is 13.0 Å². The first kappa shape index (κ1) is 34.3. The molecule has 2 aromatic rings. The molecule has 4 rings (SSSR count). The fraction of sp³-hybridized carbons (Fsp3) is 0.606. The van der Waals surface area contributed by atoms with Gasteiger partial charge in [-0.25, -0.2) is 0 Å². The first-order valence-corrected chi connectivity index (χ1v) is 15.8. The Labute approximate surface area is 264 Å². The molecule has 1 aromatic carbocycles. The highest BCUT2D eigenvalue weighted by molar-refractivity contribution is 5.99. The summed E-state index contributed by atoms with van der Waals surface area (Å²) in [5, 5.41) is 12.5. The Hall–Kier alpha value is -3.61. The Morgan fingerprint density at radius 2 is 1.49 bits per heavy atom. The summed E-state index contributed by atoms with van der Waals surface area (Å²) in [7, 11) is 0. The summed E-state index contributed by atoms with van der Waals surface area (Å²) >= 11 is 0. The average Bonchev–Trinajstić information content (AvgIpc) is 3.58. The fourth-order valence-electron chi connectivity index (χ4n) is 5.33. The van der Waals surface area contributed by atoms with Gasteiger partial charge in [0.1, 0.15) is 17.7 Å². The number of nitrogens with one attached hydrogen (secondary N) is 3. The van der Waals surface area contributed by atoms with Crippen LogP contribution in [0.5, 0.6) is 0 Å². The van der Waals surface area contributed by atoms with Crippen LogP contribution >= 0.6 is 0 Å². The van der Waals surface area contributed by atoms with Gasteiger partial charge >= 0.3 is 0 Å². The molecule has 12 heteroatoms. The lowest BCUT2D eigenvalue weighted by Gasteiger charge is -2.27. The lowest BCUT2D eigenvalue weighted by molar-refractivity contribution is -0.133. The molecule has 3 N–H and O–H groups in total. The number of benzene rings is 1. The summed E-state index contributed by atoms with van der Waals surface area (Å²) in [5.74, 6) is -0.965. The number of ether oxygens (including phenoxy) is 2. The number of hydrogen-bond acceptors (Lipinski definition) is 9. The van der Waals surface area contributed by atoms with Crippen molar-refractivity contribution in [1.82, 2.24) is 26.0 Å². The van der Waals surface area contributed by atoms with Gasteiger partial charge in [0, 0.05) is 25.6 Å². The van der Waals surface area contributed by atoms with E-state index < -0.39 is 41.4 Å². The minimum absolute atomic E-state index is 0.0592. The number of aromatic nitrogens is 1. The van der Waals surface area contributed by atoms with Crippen molar-refractivity contribution in [3.05, 3.63) is 53.4 Å². The SMILES string of the molecule is CC(C)C[C@H](NC(=O)c1cc(CN2CCOCC2)on1)C(=O)N[C@@H](Cc1ccccc1)C(=O)N[C@@H](CC(C)C)C(=O)[C@]1(C)CO1. The molecule has 0 radical (unpaired) electrons. The molecule has 2 fully saturated rings. The monoisotopic (exact) mass is 625 g/mol. The topological polar surface area (TPSA) is 155 Å². The third-order valence-electron chi connectivity index (χ3n) is 7.96. The number of Topliss-reactive ketones (excluding diaryl/α,β-unsaturated/α-hetero) is 1. The molecule has 3 amide bonds. The molecule has 45 heavy (non-hydrogen) atoms. The molecule has 2 aliphatic heterocycles. The normalized spacial score (nSPS) is 20.3. The lowest BCUT2D eigenvalue weighted by atomic mass is 9.93. The van der Waals surface area contributed by atoms with Gasteiger partial charge in [-0.1, -0.05) is 63.2 Å². The standard InChI is InChI=1S/C33H47N5O7/c1-21(2)15-25(29(39)33(5)20-44-33)34-31(41)27(17-23-9-7-6-8-10-23)36-30(40)26(16-22(3)4)35-32(42)28-18-24(45-37-28)19-38-11-13-43-14-12-38/h6-10,18,21-22,25-27H,11-17,19-20H2,1-5H3,(H,34,41)(H,35,42)(H,36,40)/t25-,26-,27-,33-/m0/s1. The molecule has 246 valence electrons. The molecule has 0 spiro atoms. The summed E-state index contributed by atoms with van der Waals surface area (Å²) in [6, 6.07) is 8.22. The Bertz CT molecular complexity index is 1300. The van der Waals surface area contributed by atoms with Gasteiger partial charge in [-0.2, -0.15) is 0 Å². The van der Waals surface area contributed by atoms with Crippen LogP contribution in [0.25, 0.3) is 0 Å². The van der Waals surface area contributed by atoms with E-state index in [1.807, 2.05) is 58.0 Å². The molecule has 0 unspecified atom stereocenters. The van der Waals surface area contributed by atoms with Crippen molar-refractivity contribution in [3.8, 4) is 0 Å². The van der Waals surface area contributed by atoms with E-state index in [0.29, 0.717) is 45.0 Å². The smallest absolute Gasteiger partial charge is 0.274 e. The Kier molecular flexibility index (Phi) is 11.9. The van der Waals surface area contributed by atoms with Crippen LogP contribution in [-0.4, -0.2) is 90.2 Å². The molecule has 0 saturated carbocycles.